The number of oxazole rings is 1. The van der Waals surface area contributed by atoms with Crippen molar-refractivity contribution in [3.63, 3.8) is 0 Å². The van der Waals surface area contributed by atoms with Crippen LogP contribution < -0.4 is 9.47 Å². The number of ether oxygens (including phenoxy) is 2. The van der Waals surface area contributed by atoms with Crippen molar-refractivity contribution in [2.45, 2.75) is 39.5 Å². The van der Waals surface area contributed by atoms with Crippen LogP contribution in [0, 0.1) is 0 Å². The minimum absolute atomic E-state index is 0.587. The Bertz CT molecular complexity index is 522. The first-order valence-corrected chi connectivity index (χ1v) is 7.51. The number of hydrogen-bond acceptors (Lipinski definition) is 4. The van der Waals surface area contributed by atoms with Gasteiger partial charge in [0.1, 0.15) is 11.4 Å². The Balaban J connectivity index is 1.99. The quantitative estimate of drug-likeness (QED) is 0.741. The molecule has 1 aromatic carbocycles. The Morgan fingerprint density at radius 3 is 2.43 bits per heavy atom. The summed E-state index contributed by atoms with van der Waals surface area (Å²) in [4.78, 5) is 4.55. The number of nitrogens with zero attached hydrogens (tertiary/aromatic N) is 1. The lowest BCUT2D eigenvalue weighted by Gasteiger charge is -2.02. The second-order valence-electron chi connectivity index (χ2n) is 4.87. The van der Waals surface area contributed by atoms with Crippen LogP contribution in [0.25, 0.3) is 0 Å². The molecule has 0 spiro atoms. The van der Waals surface area contributed by atoms with E-state index in [2.05, 4.69) is 24.0 Å². The fourth-order valence-corrected chi connectivity index (χ4v) is 2.17. The van der Waals surface area contributed by atoms with Crippen molar-refractivity contribution in [3.05, 3.63) is 41.4 Å². The van der Waals surface area contributed by atoms with E-state index < -0.39 is 0 Å². The summed E-state index contributed by atoms with van der Waals surface area (Å²) in [5.41, 5.74) is 2.17. The second-order valence-corrected chi connectivity index (χ2v) is 4.87. The van der Waals surface area contributed by atoms with Crippen molar-refractivity contribution in [2.75, 3.05) is 13.7 Å². The molecule has 1 aromatic heterocycles. The van der Waals surface area contributed by atoms with Crippen molar-refractivity contribution in [1.82, 2.24) is 4.98 Å². The van der Waals surface area contributed by atoms with Crippen molar-refractivity contribution in [2.24, 2.45) is 0 Å². The zero-order valence-corrected chi connectivity index (χ0v) is 13.0. The maximum absolute atomic E-state index is 5.72. The van der Waals surface area contributed by atoms with E-state index in [1.807, 2.05) is 19.1 Å². The lowest BCUT2D eigenvalue weighted by atomic mass is 10.1. The van der Waals surface area contributed by atoms with Crippen LogP contribution in [0.3, 0.4) is 0 Å². The number of methoxy groups -OCH3 is 1. The second kappa shape index (κ2) is 7.72. The highest BCUT2D eigenvalue weighted by atomic mass is 16.6. The molecule has 0 aliphatic heterocycles. The Morgan fingerprint density at radius 1 is 1.05 bits per heavy atom. The molecule has 0 amide bonds. The number of aryl methyl sites for hydroxylation is 3. The van der Waals surface area contributed by atoms with E-state index in [0.29, 0.717) is 12.6 Å². The standard InChI is InChI=1S/C17H23NO3/c1-4-6-15-17(20-5-2)21-16(18-15)12-9-13-7-10-14(19-3)11-8-13/h7-8,10-11H,4-6,9,12H2,1-3H3. The third-order valence-corrected chi connectivity index (χ3v) is 3.25. The smallest absolute Gasteiger partial charge is 0.308 e. The highest BCUT2D eigenvalue weighted by molar-refractivity contribution is 5.27. The van der Waals surface area contributed by atoms with Crippen LogP contribution in [0.5, 0.6) is 11.7 Å². The van der Waals surface area contributed by atoms with Gasteiger partial charge in [-0.3, -0.25) is 0 Å². The molecule has 0 unspecified atom stereocenters. The van der Waals surface area contributed by atoms with Gasteiger partial charge in [0, 0.05) is 6.42 Å². The van der Waals surface area contributed by atoms with Crippen LogP contribution in [0.4, 0.5) is 0 Å². The highest BCUT2D eigenvalue weighted by Crippen LogP contribution is 2.23. The Labute approximate surface area is 126 Å². The first-order chi connectivity index (χ1) is 10.3. The summed E-state index contributed by atoms with van der Waals surface area (Å²) in [5, 5.41) is 0. The molecular formula is C17H23NO3. The van der Waals surface area contributed by atoms with E-state index in [0.717, 1.165) is 43.0 Å². The summed E-state index contributed by atoms with van der Waals surface area (Å²) < 4.78 is 16.4. The normalized spacial score (nSPS) is 10.6. The number of rotatable bonds is 8. The number of hydrogen-bond donors (Lipinski definition) is 0. The molecule has 0 atom stereocenters. The van der Waals surface area contributed by atoms with Crippen LogP contribution in [-0.4, -0.2) is 18.7 Å². The molecular weight excluding hydrogens is 266 g/mol. The molecule has 4 heteroatoms. The van der Waals surface area contributed by atoms with E-state index >= 15 is 0 Å². The van der Waals surface area contributed by atoms with Gasteiger partial charge in [-0.1, -0.05) is 25.5 Å². The third kappa shape index (κ3) is 4.25. The minimum Gasteiger partial charge on any atom is -0.497 e. The molecule has 0 bridgehead atoms. The summed E-state index contributed by atoms with van der Waals surface area (Å²) in [6.45, 7) is 4.68. The van der Waals surface area contributed by atoms with Gasteiger partial charge >= 0.3 is 5.95 Å². The molecule has 1 heterocycles. The molecule has 0 saturated carbocycles. The molecule has 2 aromatic rings. The van der Waals surface area contributed by atoms with Gasteiger partial charge in [-0.05, 0) is 37.5 Å². The molecule has 0 N–H and O–H groups in total. The topological polar surface area (TPSA) is 44.5 Å². The fourth-order valence-electron chi connectivity index (χ4n) is 2.17. The van der Waals surface area contributed by atoms with Gasteiger partial charge in [0.2, 0.25) is 0 Å². The lowest BCUT2D eigenvalue weighted by molar-refractivity contribution is 0.247. The SMILES string of the molecule is CCCc1nc(CCc2ccc(OC)cc2)oc1OCC. The Kier molecular flexibility index (Phi) is 5.67. The number of benzene rings is 1. The van der Waals surface area contributed by atoms with Crippen molar-refractivity contribution < 1.29 is 13.9 Å². The maximum atomic E-state index is 5.72. The predicted octanol–water partition coefficient (Wildman–Crippen LogP) is 3.82. The van der Waals surface area contributed by atoms with Gasteiger partial charge in [0.05, 0.1) is 13.7 Å². The third-order valence-electron chi connectivity index (χ3n) is 3.25. The van der Waals surface area contributed by atoms with Gasteiger partial charge in [0.15, 0.2) is 5.89 Å². The maximum Gasteiger partial charge on any atom is 0.308 e. The zero-order chi connectivity index (χ0) is 15.1. The molecule has 114 valence electrons. The van der Waals surface area contributed by atoms with E-state index in [9.17, 15) is 0 Å². The molecule has 0 aliphatic carbocycles. The summed E-state index contributed by atoms with van der Waals surface area (Å²) >= 11 is 0. The summed E-state index contributed by atoms with van der Waals surface area (Å²) in [5.74, 6) is 2.21. The van der Waals surface area contributed by atoms with E-state index in [4.69, 9.17) is 13.9 Å². The molecule has 0 radical (unpaired) electrons. The molecule has 0 saturated heterocycles. The summed E-state index contributed by atoms with van der Waals surface area (Å²) in [7, 11) is 1.67. The van der Waals surface area contributed by atoms with Crippen LogP contribution in [-0.2, 0) is 19.3 Å². The van der Waals surface area contributed by atoms with Gasteiger partial charge in [-0.2, -0.15) is 0 Å². The van der Waals surface area contributed by atoms with Gasteiger partial charge < -0.3 is 13.9 Å². The van der Waals surface area contributed by atoms with Gasteiger partial charge in [-0.15, -0.1) is 0 Å². The minimum atomic E-state index is 0.587. The Morgan fingerprint density at radius 2 is 1.81 bits per heavy atom. The van der Waals surface area contributed by atoms with Gasteiger partial charge in [-0.25, -0.2) is 4.98 Å². The van der Waals surface area contributed by atoms with E-state index in [1.165, 1.54) is 5.56 Å². The van der Waals surface area contributed by atoms with Crippen LogP contribution in [0.15, 0.2) is 28.7 Å². The van der Waals surface area contributed by atoms with Crippen molar-refractivity contribution in [3.8, 4) is 11.7 Å². The molecule has 21 heavy (non-hydrogen) atoms. The fraction of sp³-hybridized carbons (Fsp3) is 0.471. The summed E-state index contributed by atoms with van der Waals surface area (Å²) in [6, 6.07) is 8.08. The highest BCUT2D eigenvalue weighted by Gasteiger charge is 2.13. The number of aromatic nitrogens is 1. The predicted molar refractivity (Wildman–Crippen MR) is 82.1 cm³/mol. The van der Waals surface area contributed by atoms with Crippen molar-refractivity contribution in [1.29, 1.82) is 0 Å². The average Bonchev–Trinajstić information content (AvgIpc) is 2.89. The van der Waals surface area contributed by atoms with Crippen molar-refractivity contribution >= 4 is 0 Å². The molecule has 4 nitrogen and oxygen atoms in total. The largest absolute Gasteiger partial charge is 0.497 e. The molecule has 0 aliphatic rings. The van der Waals surface area contributed by atoms with E-state index in [-0.39, 0.29) is 0 Å². The van der Waals surface area contributed by atoms with E-state index in [1.54, 1.807) is 7.11 Å². The Hall–Kier alpha value is -1.97. The molecule has 0 fully saturated rings. The van der Waals surface area contributed by atoms with Crippen LogP contribution >= 0.6 is 0 Å². The zero-order valence-electron chi connectivity index (χ0n) is 13.0. The molecule has 2 rings (SSSR count). The van der Waals surface area contributed by atoms with Crippen LogP contribution in [0.2, 0.25) is 0 Å². The first-order valence-electron chi connectivity index (χ1n) is 7.51. The average molecular weight is 289 g/mol. The summed E-state index contributed by atoms with van der Waals surface area (Å²) in [6.07, 6.45) is 3.59. The van der Waals surface area contributed by atoms with Crippen LogP contribution in [0.1, 0.15) is 37.4 Å². The van der Waals surface area contributed by atoms with Gasteiger partial charge in [0.25, 0.3) is 0 Å². The lowest BCUT2D eigenvalue weighted by Crippen LogP contribution is -1.94. The first kappa shape index (κ1) is 15.4. The monoisotopic (exact) mass is 289 g/mol.